The predicted octanol–water partition coefficient (Wildman–Crippen LogP) is 3.28. The quantitative estimate of drug-likeness (QED) is 0.523. The van der Waals surface area contributed by atoms with Gasteiger partial charge in [-0.2, -0.15) is 0 Å². The minimum atomic E-state index is 0.929. The third-order valence-corrected chi connectivity index (χ3v) is 2.68. The van der Waals surface area contributed by atoms with E-state index in [0.717, 1.165) is 24.2 Å². The summed E-state index contributed by atoms with van der Waals surface area (Å²) in [6.45, 7) is 8.72. The molecule has 0 aromatic rings. The molecule has 0 aromatic carbocycles. The van der Waals surface area contributed by atoms with Crippen LogP contribution in [0.1, 0.15) is 39.5 Å². The van der Waals surface area contributed by atoms with Gasteiger partial charge in [0.1, 0.15) is 0 Å². The molecule has 2 unspecified atom stereocenters. The molecule has 1 fully saturated rings. The summed E-state index contributed by atoms with van der Waals surface area (Å²) >= 11 is 0. The fourth-order valence-corrected chi connectivity index (χ4v) is 2.35. The van der Waals surface area contributed by atoms with Gasteiger partial charge in [0.05, 0.1) is 0 Å². The van der Waals surface area contributed by atoms with Crippen molar-refractivity contribution in [1.29, 1.82) is 0 Å². The molecule has 59 valence electrons. The van der Waals surface area contributed by atoms with Crippen LogP contribution in [0.25, 0.3) is 0 Å². The average molecular weight is 139 g/mol. The summed E-state index contributed by atoms with van der Waals surface area (Å²) in [6.07, 6.45) is 5.44. The number of hydrogen-bond acceptors (Lipinski definition) is 0. The average Bonchev–Trinajstić information content (AvgIpc) is 1.85. The third kappa shape index (κ3) is 2.00. The highest BCUT2D eigenvalue weighted by atomic mass is 14.3. The smallest absolute Gasteiger partial charge is 0.0409 e. The molecule has 1 radical (unpaired) electrons. The fourth-order valence-electron chi connectivity index (χ4n) is 2.35. The van der Waals surface area contributed by atoms with E-state index in [1.165, 1.54) is 19.3 Å². The standard InChI is InChI=1S/C10H19/c1-4-10-6-8(2)5-9(3)7-10/h8-10H,1,4-7H2,2-3H3. The molecule has 0 aliphatic heterocycles. The number of rotatable bonds is 1. The van der Waals surface area contributed by atoms with Crippen LogP contribution in [-0.2, 0) is 0 Å². The van der Waals surface area contributed by atoms with Crippen LogP contribution in [0, 0.1) is 24.7 Å². The summed E-state index contributed by atoms with van der Waals surface area (Å²) in [7, 11) is 0. The van der Waals surface area contributed by atoms with Crippen molar-refractivity contribution in [3.63, 3.8) is 0 Å². The van der Waals surface area contributed by atoms with Gasteiger partial charge in [-0.15, -0.1) is 0 Å². The second-order valence-corrected chi connectivity index (χ2v) is 4.07. The van der Waals surface area contributed by atoms with Gasteiger partial charge in [-0.1, -0.05) is 27.2 Å². The Morgan fingerprint density at radius 3 is 2.00 bits per heavy atom. The van der Waals surface area contributed by atoms with Crippen LogP contribution < -0.4 is 0 Å². The first-order valence-corrected chi connectivity index (χ1v) is 4.51. The molecule has 1 saturated carbocycles. The van der Waals surface area contributed by atoms with Gasteiger partial charge in [0.25, 0.3) is 0 Å². The highest BCUT2D eigenvalue weighted by molar-refractivity contribution is 4.74. The molecule has 2 atom stereocenters. The molecular formula is C10H19. The minimum Gasteiger partial charge on any atom is -0.0625 e. The second kappa shape index (κ2) is 3.41. The Balaban J connectivity index is 2.35. The Labute approximate surface area is 65.0 Å². The van der Waals surface area contributed by atoms with E-state index < -0.39 is 0 Å². The molecular weight excluding hydrogens is 120 g/mol. The summed E-state index contributed by atoms with van der Waals surface area (Å²) in [5.41, 5.74) is 0. The lowest BCUT2D eigenvalue weighted by molar-refractivity contribution is 0.220. The van der Waals surface area contributed by atoms with E-state index in [1.54, 1.807) is 0 Å². The predicted molar refractivity (Wildman–Crippen MR) is 45.6 cm³/mol. The Hall–Kier alpha value is 0. The zero-order chi connectivity index (χ0) is 7.56. The Bertz CT molecular complexity index is 86.2. The van der Waals surface area contributed by atoms with Crippen molar-refractivity contribution < 1.29 is 0 Å². The van der Waals surface area contributed by atoms with Crippen LogP contribution in [0.2, 0.25) is 0 Å². The van der Waals surface area contributed by atoms with Crippen molar-refractivity contribution in [1.82, 2.24) is 0 Å². The molecule has 1 rings (SSSR count). The van der Waals surface area contributed by atoms with E-state index in [4.69, 9.17) is 0 Å². The normalized spacial score (nSPS) is 41.7. The van der Waals surface area contributed by atoms with Crippen LogP contribution in [0.4, 0.5) is 0 Å². The molecule has 0 amide bonds. The van der Waals surface area contributed by atoms with E-state index in [9.17, 15) is 0 Å². The second-order valence-electron chi connectivity index (χ2n) is 4.07. The van der Waals surface area contributed by atoms with Crippen molar-refractivity contribution in [2.24, 2.45) is 17.8 Å². The lowest BCUT2D eigenvalue weighted by Crippen LogP contribution is -2.18. The van der Waals surface area contributed by atoms with Crippen LogP contribution in [-0.4, -0.2) is 0 Å². The van der Waals surface area contributed by atoms with Crippen molar-refractivity contribution in [3.05, 3.63) is 6.92 Å². The molecule has 0 N–H and O–H groups in total. The van der Waals surface area contributed by atoms with E-state index in [-0.39, 0.29) is 0 Å². The van der Waals surface area contributed by atoms with Crippen LogP contribution in [0.15, 0.2) is 0 Å². The first-order chi connectivity index (χ1) is 4.72. The van der Waals surface area contributed by atoms with Gasteiger partial charge in [0, 0.05) is 0 Å². The lowest BCUT2D eigenvalue weighted by atomic mass is 9.76. The van der Waals surface area contributed by atoms with Crippen molar-refractivity contribution in [2.45, 2.75) is 39.5 Å². The highest BCUT2D eigenvalue weighted by Gasteiger charge is 2.21. The number of hydrogen-bond donors (Lipinski definition) is 0. The Morgan fingerprint density at radius 1 is 1.10 bits per heavy atom. The van der Waals surface area contributed by atoms with Crippen molar-refractivity contribution >= 4 is 0 Å². The van der Waals surface area contributed by atoms with E-state index >= 15 is 0 Å². The van der Waals surface area contributed by atoms with Crippen LogP contribution >= 0.6 is 0 Å². The van der Waals surface area contributed by atoms with E-state index in [0.29, 0.717) is 0 Å². The molecule has 0 spiro atoms. The molecule has 1 aliphatic carbocycles. The third-order valence-electron chi connectivity index (χ3n) is 2.68. The monoisotopic (exact) mass is 139 g/mol. The highest BCUT2D eigenvalue weighted by Crippen LogP contribution is 2.33. The van der Waals surface area contributed by atoms with Gasteiger partial charge in [-0.3, -0.25) is 0 Å². The van der Waals surface area contributed by atoms with Crippen LogP contribution in [0.5, 0.6) is 0 Å². The van der Waals surface area contributed by atoms with Crippen molar-refractivity contribution in [2.75, 3.05) is 0 Å². The SMILES string of the molecule is [CH2]CC1CC(C)CC(C)C1. The largest absolute Gasteiger partial charge is 0.0625 e. The van der Waals surface area contributed by atoms with Gasteiger partial charge in [0.2, 0.25) is 0 Å². The first kappa shape index (κ1) is 8.10. The molecule has 10 heavy (non-hydrogen) atoms. The van der Waals surface area contributed by atoms with Gasteiger partial charge in [-0.05, 0) is 37.0 Å². The summed E-state index contributed by atoms with van der Waals surface area (Å²) in [5, 5.41) is 0. The minimum absolute atomic E-state index is 0.929. The molecule has 0 heteroatoms. The Kier molecular flexibility index (Phi) is 2.76. The maximum Gasteiger partial charge on any atom is -0.0409 e. The zero-order valence-corrected chi connectivity index (χ0v) is 7.27. The van der Waals surface area contributed by atoms with Gasteiger partial charge >= 0.3 is 0 Å². The van der Waals surface area contributed by atoms with Gasteiger partial charge in [0.15, 0.2) is 0 Å². The summed E-state index contributed by atoms with van der Waals surface area (Å²) in [4.78, 5) is 0. The first-order valence-electron chi connectivity index (χ1n) is 4.51. The maximum atomic E-state index is 3.98. The topological polar surface area (TPSA) is 0 Å². The molecule has 0 nitrogen and oxygen atoms in total. The molecule has 0 aromatic heterocycles. The van der Waals surface area contributed by atoms with E-state index in [2.05, 4.69) is 20.8 Å². The maximum absolute atomic E-state index is 3.98. The summed E-state index contributed by atoms with van der Waals surface area (Å²) in [5.74, 6) is 2.84. The van der Waals surface area contributed by atoms with Crippen LogP contribution in [0.3, 0.4) is 0 Å². The molecule has 0 heterocycles. The van der Waals surface area contributed by atoms with Gasteiger partial charge < -0.3 is 0 Å². The van der Waals surface area contributed by atoms with Gasteiger partial charge in [-0.25, -0.2) is 0 Å². The lowest BCUT2D eigenvalue weighted by Gasteiger charge is -2.30. The molecule has 0 bridgehead atoms. The molecule has 1 aliphatic rings. The van der Waals surface area contributed by atoms with Crippen molar-refractivity contribution in [3.8, 4) is 0 Å². The summed E-state index contributed by atoms with van der Waals surface area (Å²) < 4.78 is 0. The fraction of sp³-hybridized carbons (Fsp3) is 0.900. The zero-order valence-electron chi connectivity index (χ0n) is 7.27. The summed E-state index contributed by atoms with van der Waals surface area (Å²) in [6, 6.07) is 0. The Morgan fingerprint density at radius 2 is 1.60 bits per heavy atom. The molecule has 0 saturated heterocycles. The van der Waals surface area contributed by atoms with E-state index in [1.807, 2.05) is 0 Å².